The van der Waals surface area contributed by atoms with Crippen LogP contribution in [0.4, 0.5) is 0 Å². The molecular formula is C31H35N5O3S. The molecule has 2 N–H and O–H groups in total. The molecule has 9 heteroatoms. The summed E-state index contributed by atoms with van der Waals surface area (Å²) in [5.41, 5.74) is 13.2. The number of hydrogen-bond donors (Lipinski definition) is 1. The van der Waals surface area contributed by atoms with Crippen LogP contribution in [0.5, 0.6) is 0 Å². The van der Waals surface area contributed by atoms with Crippen LogP contribution in [0.3, 0.4) is 0 Å². The average molecular weight is 558 g/mol. The van der Waals surface area contributed by atoms with Crippen molar-refractivity contribution >= 4 is 27.3 Å². The first kappa shape index (κ1) is 27.9. The average Bonchev–Trinajstić information content (AvgIpc) is 3.31. The first-order valence-electron chi connectivity index (χ1n) is 13.8. The van der Waals surface area contributed by atoms with E-state index in [0.717, 1.165) is 83.5 Å². The van der Waals surface area contributed by atoms with Crippen LogP contribution in [0, 0.1) is 13.8 Å². The molecule has 0 spiro atoms. The highest BCUT2D eigenvalue weighted by molar-refractivity contribution is 7.90. The number of hydrogen-bond acceptors (Lipinski definition) is 6. The zero-order chi connectivity index (χ0) is 28.5. The Morgan fingerprint density at radius 1 is 1.05 bits per heavy atom. The van der Waals surface area contributed by atoms with Gasteiger partial charge in [-0.1, -0.05) is 67.0 Å². The van der Waals surface area contributed by atoms with E-state index in [2.05, 4.69) is 41.0 Å². The van der Waals surface area contributed by atoms with Gasteiger partial charge in [-0.25, -0.2) is 14.8 Å². The van der Waals surface area contributed by atoms with E-state index in [1.165, 1.54) is 12.1 Å². The van der Waals surface area contributed by atoms with Crippen molar-refractivity contribution in [1.29, 1.82) is 0 Å². The number of nitrogens with zero attached hydrogens (tertiary/aromatic N) is 4. The van der Waals surface area contributed by atoms with Crippen molar-refractivity contribution in [2.24, 2.45) is 10.1 Å². The maximum atomic E-state index is 13.1. The lowest BCUT2D eigenvalue weighted by molar-refractivity contribution is 0.297. The highest BCUT2D eigenvalue weighted by Crippen LogP contribution is 2.46. The molecule has 1 aliphatic rings. The molecule has 2 aromatic carbocycles. The van der Waals surface area contributed by atoms with Gasteiger partial charge in [0.1, 0.15) is 11.3 Å². The summed E-state index contributed by atoms with van der Waals surface area (Å²) in [7, 11) is -4.22. The van der Waals surface area contributed by atoms with Crippen LogP contribution in [-0.4, -0.2) is 35.6 Å². The van der Waals surface area contributed by atoms with Crippen LogP contribution in [0.2, 0.25) is 0 Å². The van der Waals surface area contributed by atoms with E-state index in [0.29, 0.717) is 18.7 Å². The topological polar surface area (TPSA) is 120 Å². The zero-order valence-corrected chi connectivity index (χ0v) is 24.1. The molecule has 1 saturated carbocycles. The zero-order valence-electron chi connectivity index (χ0n) is 23.3. The number of fused-ring (bicyclic) bond motifs is 1. The molecule has 0 atom stereocenters. The Hall–Kier alpha value is -3.65. The van der Waals surface area contributed by atoms with Gasteiger partial charge >= 0.3 is 0 Å². The number of aromatic nitrogens is 3. The second-order valence-electron chi connectivity index (χ2n) is 10.8. The summed E-state index contributed by atoms with van der Waals surface area (Å²) in [6.07, 6.45) is 6.60. The summed E-state index contributed by atoms with van der Waals surface area (Å²) in [4.78, 5) is 20.7. The predicted molar refractivity (Wildman–Crippen MR) is 156 cm³/mol. The van der Waals surface area contributed by atoms with Gasteiger partial charge in [0.05, 0.1) is 11.4 Å². The van der Waals surface area contributed by atoms with Gasteiger partial charge < -0.3 is 10.3 Å². The molecule has 2 heterocycles. The van der Waals surface area contributed by atoms with E-state index < -0.39 is 15.4 Å². The Balaban J connectivity index is 1.60. The molecule has 4 aromatic rings. The summed E-state index contributed by atoms with van der Waals surface area (Å²) in [5, 5.41) is 0. The summed E-state index contributed by atoms with van der Waals surface area (Å²) in [5.74, 6) is 0.985. The fourth-order valence-corrected chi connectivity index (χ4v) is 7.30. The molecular weight excluding hydrogens is 522 g/mol. The molecule has 0 bridgehead atoms. The summed E-state index contributed by atoms with van der Waals surface area (Å²) < 4.78 is 31.6. The fraction of sp³-hybridized carbons (Fsp3) is 0.387. The number of carbonyl (C=O) groups excluding carboxylic acids is 1. The highest BCUT2D eigenvalue weighted by Gasteiger charge is 2.39. The number of nitrogens with two attached hydrogens (primary N) is 1. The van der Waals surface area contributed by atoms with Gasteiger partial charge in [-0.2, -0.15) is 8.42 Å². The summed E-state index contributed by atoms with van der Waals surface area (Å²) in [6.45, 7) is 7.09. The van der Waals surface area contributed by atoms with Crippen LogP contribution in [-0.2, 0) is 33.2 Å². The van der Waals surface area contributed by atoms with Crippen molar-refractivity contribution in [2.45, 2.75) is 76.2 Å². The van der Waals surface area contributed by atoms with Gasteiger partial charge in [0.25, 0.3) is 16.1 Å². The number of aryl methyl sites for hydroxylation is 3. The smallest absolute Gasteiger partial charge is 0.292 e. The van der Waals surface area contributed by atoms with Gasteiger partial charge in [-0.3, -0.25) is 0 Å². The predicted octanol–water partition coefficient (Wildman–Crippen LogP) is 5.51. The minimum Gasteiger partial charge on any atom is -0.330 e. The van der Waals surface area contributed by atoms with E-state index in [-0.39, 0.29) is 4.90 Å². The second kappa shape index (κ2) is 11.1. The molecule has 40 heavy (non-hydrogen) atoms. The molecule has 0 unspecified atom stereocenters. The van der Waals surface area contributed by atoms with E-state index in [9.17, 15) is 13.2 Å². The first-order chi connectivity index (χ1) is 19.2. The lowest BCUT2D eigenvalue weighted by Gasteiger charge is -2.39. The van der Waals surface area contributed by atoms with Crippen LogP contribution < -0.4 is 5.73 Å². The minimum atomic E-state index is -4.22. The van der Waals surface area contributed by atoms with Crippen LogP contribution >= 0.6 is 0 Å². The van der Waals surface area contributed by atoms with E-state index in [1.807, 2.05) is 25.1 Å². The lowest BCUT2D eigenvalue weighted by atomic mass is 9.67. The molecule has 0 saturated heterocycles. The molecule has 0 aliphatic heterocycles. The van der Waals surface area contributed by atoms with Crippen molar-refractivity contribution < 1.29 is 13.2 Å². The normalized spacial score (nSPS) is 15.2. The van der Waals surface area contributed by atoms with Crippen molar-refractivity contribution in [3.63, 3.8) is 0 Å². The molecule has 8 nitrogen and oxygen atoms in total. The Morgan fingerprint density at radius 2 is 1.77 bits per heavy atom. The third-order valence-corrected chi connectivity index (χ3v) is 9.43. The Labute approximate surface area is 235 Å². The highest BCUT2D eigenvalue weighted by atomic mass is 32.2. The van der Waals surface area contributed by atoms with Gasteiger partial charge in [0, 0.05) is 24.1 Å². The van der Waals surface area contributed by atoms with Crippen LogP contribution in [0.15, 0.2) is 57.8 Å². The molecule has 1 aliphatic carbocycles. The molecule has 2 aromatic heterocycles. The Morgan fingerprint density at radius 3 is 2.42 bits per heavy atom. The summed E-state index contributed by atoms with van der Waals surface area (Å²) >= 11 is 0. The standard InChI is InChI=1S/C31H35N5O3S/c1-4-27-35-29-21(2)17-22(3)34-30(29)36(27)18-23-11-13-24(14-12-23)25-9-8-10-26(40(38,39)33-20-37)28(25)31(19-32)15-6-5-7-16-31/h8-14,17H,4-7,15-16,18-19,32H2,1-3H3. The Kier molecular flexibility index (Phi) is 7.73. The quantitative estimate of drug-likeness (QED) is 0.225. The summed E-state index contributed by atoms with van der Waals surface area (Å²) in [6, 6.07) is 15.4. The SMILES string of the molecule is CCc1nc2c(C)cc(C)nc2n1Cc1ccc(-c2cccc(S(=O)(=O)N=C=O)c2C2(CN)CCCCC2)cc1. The number of isocyanates is 1. The number of pyridine rings is 1. The minimum absolute atomic E-state index is 0.0408. The van der Waals surface area contributed by atoms with Gasteiger partial charge in [-0.15, -0.1) is 0 Å². The number of benzene rings is 2. The van der Waals surface area contributed by atoms with Crippen LogP contribution in [0.25, 0.3) is 22.3 Å². The number of imidazole rings is 1. The van der Waals surface area contributed by atoms with Gasteiger partial charge in [-0.05, 0) is 66.6 Å². The lowest BCUT2D eigenvalue weighted by Crippen LogP contribution is -2.38. The third kappa shape index (κ3) is 5.01. The van der Waals surface area contributed by atoms with Crippen molar-refractivity contribution in [3.05, 3.63) is 76.7 Å². The third-order valence-electron chi connectivity index (χ3n) is 8.22. The van der Waals surface area contributed by atoms with Crippen molar-refractivity contribution in [3.8, 4) is 11.1 Å². The second-order valence-corrected chi connectivity index (χ2v) is 12.4. The van der Waals surface area contributed by atoms with E-state index >= 15 is 0 Å². The van der Waals surface area contributed by atoms with Crippen LogP contribution in [0.1, 0.15) is 67.2 Å². The Bertz CT molecular complexity index is 1710. The molecule has 208 valence electrons. The maximum absolute atomic E-state index is 13.1. The van der Waals surface area contributed by atoms with Gasteiger partial charge in [0.15, 0.2) is 5.65 Å². The monoisotopic (exact) mass is 557 g/mol. The fourth-order valence-electron chi connectivity index (χ4n) is 6.27. The van der Waals surface area contributed by atoms with E-state index in [4.69, 9.17) is 15.7 Å². The molecule has 1 fully saturated rings. The maximum Gasteiger partial charge on any atom is 0.292 e. The van der Waals surface area contributed by atoms with E-state index in [1.54, 1.807) is 6.07 Å². The first-order valence-corrected chi connectivity index (χ1v) is 15.3. The van der Waals surface area contributed by atoms with Gasteiger partial charge in [0.2, 0.25) is 0 Å². The molecule has 0 radical (unpaired) electrons. The molecule has 5 rings (SSSR count). The largest absolute Gasteiger partial charge is 0.330 e. The van der Waals surface area contributed by atoms with Crippen molar-refractivity contribution in [1.82, 2.24) is 14.5 Å². The number of rotatable bonds is 8. The number of sulfonamides is 1. The van der Waals surface area contributed by atoms with Crippen molar-refractivity contribution in [2.75, 3.05) is 6.54 Å². The molecule has 0 amide bonds.